The van der Waals surface area contributed by atoms with Crippen molar-refractivity contribution >= 4 is 41.8 Å². The monoisotopic (exact) mass is 481 g/mol. The van der Waals surface area contributed by atoms with Gasteiger partial charge in [0, 0.05) is 39.6 Å². The van der Waals surface area contributed by atoms with Crippen molar-refractivity contribution in [3.63, 3.8) is 0 Å². The van der Waals surface area contributed by atoms with Gasteiger partial charge in [0.15, 0.2) is 5.96 Å². The average molecular weight is 481 g/mol. The van der Waals surface area contributed by atoms with Gasteiger partial charge in [0.05, 0.1) is 12.0 Å². The summed E-state index contributed by atoms with van der Waals surface area (Å²) < 4.78 is 0. The molecule has 1 aliphatic rings. The molecular formula is C18H36IN5O2. The van der Waals surface area contributed by atoms with E-state index in [1.165, 1.54) is 0 Å². The SMILES string of the molecule is CCNC(=NCC1(C(=O)N(C)C)CCCC1)NCCC(=O)NC(C)C.I. The first-order valence-electron chi connectivity index (χ1n) is 9.34. The van der Waals surface area contributed by atoms with Crippen LogP contribution in [0.3, 0.4) is 0 Å². The molecule has 0 atom stereocenters. The van der Waals surface area contributed by atoms with Gasteiger partial charge >= 0.3 is 0 Å². The van der Waals surface area contributed by atoms with Gasteiger partial charge in [-0.3, -0.25) is 14.6 Å². The summed E-state index contributed by atoms with van der Waals surface area (Å²) >= 11 is 0. The molecule has 1 saturated carbocycles. The maximum Gasteiger partial charge on any atom is 0.230 e. The maximum absolute atomic E-state index is 12.6. The fourth-order valence-electron chi connectivity index (χ4n) is 3.23. The largest absolute Gasteiger partial charge is 0.357 e. The van der Waals surface area contributed by atoms with Gasteiger partial charge in [-0.15, -0.1) is 24.0 Å². The van der Waals surface area contributed by atoms with E-state index in [-0.39, 0.29) is 47.2 Å². The number of halogens is 1. The molecule has 0 spiro atoms. The Bertz CT molecular complexity index is 474. The van der Waals surface area contributed by atoms with E-state index in [1.807, 2.05) is 34.9 Å². The molecule has 0 radical (unpaired) electrons. The third-order valence-corrected chi connectivity index (χ3v) is 4.40. The normalized spacial score (nSPS) is 16.0. The summed E-state index contributed by atoms with van der Waals surface area (Å²) in [7, 11) is 3.62. The molecule has 1 aliphatic carbocycles. The molecule has 0 aromatic heterocycles. The Hall–Kier alpha value is -1.06. The molecular weight excluding hydrogens is 445 g/mol. The van der Waals surface area contributed by atoms with Gasteiger partial charge < -0.3 is 20.9 Å². The van der Waals surface area contributed by atoms with Crippen LogP contribution in [0.25, 0.3) is 0 Å². The lowest BCUT2D eigenvalue weighted by atomic mass is 9.85. The second-order valence-electron chi connectivity index (χ2n) is 7.28. The van der Waals surface area contributed by atoms with E-state index in [0.717, 1.165) is 32.2 Å². The van der Waals surface area contributed by atoms with Crippen molar-refractivity contribution in [1.29, 1.82) is 0 Å². The highest BCUT2D eigenvalue weighted by Gasteiger charge is 2.42. The molecule has 0 aromatic carbocycles. The summed E-state index contributed by atoms with van der Waals surface area (Å²) in [6.45, 7) is 7.62. The Morgan fingerprint density at radius 2 is 1.77 bits per heavy atom. The number of hydrogen-bond acceptors (Lipinski definition) is 3. The number of carbonyl (C=O) groups excluding carboxylic acids is 2. The first-order valence-corrected chi connectivity index (χ1v) is 9.34. The predicted molar refractivity (Wildman–Crippen MR) is 117 cm³/mol. The minimum atomic E-state index is -0.374. The van der Waals surface area contributed by atoms with Gasteiger partial charge in [-0.25, -0.2) is 0 Å². The second-order valence-corrected chi connectivity index (χ2v) is 7.28. The average Bonchev–Trinajstić information content (AvgIpc) is 3.01. The lowest BCUT2D eigenvalue weighted by molar-refractivity contribution is -0.138. The lowest BCUT2D eigenvalue weighted by Crippen LogP contribution is -2.43. The number of nitrogens with zero attached hydrogens (tertiary/aromatic N) is 2. The van der Waals surface area contributed by atoms with Crippen molar-refractivity contribution < 1.29 is 9.59 Å². The Labute approximate surface area is 175 Å². The standard InChI is InChI=1S/C18H35N5O2.HI/c1-6-19-17(20-12-9-15(24)22-14(2)3)21-13-18(10-7-8-11-18)16(25)23(4)5;/h14H,6-13H2,1-5H3,(H,22,24)(H2,19,20,21);1H. The molecule has 1 rings (SSSR count). The number of nitrogens with one attached hydrogen (secondary N) is 3. The highest BCUT2D eigenvalue weighted by atomic mass is 127. The van der Waals surface area contributed by atoms with Crippen LogP contribution in [0.4, 0.5) is 0 Å². The Balaban J connectivity index is 0.00000625. The van der Waals surface area contributed by atoms with Crippen LogP contribution in [0.2, 0.25) is 0 Å². The number of aliphatic imine (C=N–C) groups is 1. The van der Waals surface area contributed by atoms with Crippen LogP contribution < -0.4 is 16.0 Å². The molecule has 0 aromatic rings. The molecule has 0 bridgehead atoms. The summed E-state index contributed by atoms with van der Waals surface area (Å²) in [5.41, 5.74) is -0.374. The number of amides is 2. The first-order chi connectivity index (χ1) is 11.8. The van der Waals surface area contributed by atoms with Crippen LogP contribution >= 0.6 is 24.0 Å². The van der Waals surface area contributed by atoms with E-state index in [4.69, 9.17) is 0 Å². The number of rotatable bonds is 8. The topological polar surface area (TPSA) is 85.8 Å². The minimum absolute atomic E-state index is 0. The van der Waals surface area contributed by atoms with E-state index in [0.29, 0.717) is 25.5 Å². The number of guanidine groups is 1. The zero-order chi connectivity index (χ0) is 18.9. The van der Waals surface area contributed by atoms with E-state index < -0.39 is 0 Å². The summed E-state index contributed by atoms with van der Waals surface area (Å²) in [5, 5.41) is 9.25. The third-order valence-electron chi connectivity index (χ3n) is 4.40. The van der Waals surface area contributed by atoms with E-state index >= 15 is 0 Å². The van der Waals surface area contributed by atoms with Crippen LogP contribution in [0, 0.1) is 5.41 Å². The molecule has 0 aliphatic heterocycles. The fraction of sp³-hybridized carbons (Fsp3) is 0.833. The number of hydrogen-bond donors (Lipinski definition) is 3. The summed E-state index contributed by atoms with van der Waals surface area (Å²) in [6, 6.07) is 0.147. The quantitative estimate of drug-likeness (QED) is 0.280. The van der Waals surface area contributed by atoms with E-state index in [2.05, 4.69) is 20.9 Å². The van der Waals surface area contributed by atoms with Crippen LogP contribution in [0.1, 0.15) is 52.9 Å². The molecule has 7 nitrogen and oxygen atoms in total. The van der Waals surface area contributed by atoms with Crippen LogP contribution in [-0.2, 0) is 9.59 Å². The van der Waals surface area contributed by atoms with Crippen molar-refractivity contribution in [3.05, 3.63) is 0 Å². The summed E-state index contributed by atoms with van der Waals surface area (Å²) in [5.74, 6) is 0.854. The van der Waals surface area contributed by atoms with E-state index in [1.54, 1.807) is 4.90 Å². The maximum atomic E-state index is 12.6. The van der Waals surface area contributed by atoms with Crippen LogP contribution in [0.5, 0.6) is 0 Å². The zero-order valence-electron chi connectivity index (χ0n) is 16.9. The smallest absolute Gasteiger partial charge is 0.230 e. The molecule has 0 heterocycles. The van der Waals surface area contributed by atoms with Crippen LogP contribution in [0.15, 0.2) is 4.99 Å². The molecule has 8 heteroatoms. The Morgan fingerprint density at radius 1 is 1.15 bits per heavy atom. The molecule has 0 saturated heterocycles. The van der Waals surface area contributed by atoms with E-state index in [9.17, 15) is 9.59 Å². The summed E-state index contributed by atoms with van der Waals surface area (Å²) in [6.07, 6.45) is 4.33. The van der Waals surface area contributed by atoms with Crippen molar-refractivity contribution in [3.8, 4) is 0 Å². The van der Waals surface area contributed by atoms with Gasteiger partial charge in [0.1, 0.15) is 0 Å². The van der Waals surface area contributed by atoms with Crippen LogP contribution in [-0.4, -0.2) is 62.4 Å². The zero-order valence-corrected chi connectivity index (χ0v) is 19.2. The Morgan fingerprint density at radius 3 is 2.27 bits per heavy atom. The van der Waals surface area contributed by atoms with Crippen molar-refractivity contribution in [1.82, 2.24) is 20.9 Å². The molecule has 26 heavy (non-hydrogen) atoms. The molecule has 3 N–H and O–H groups in total. The van der Waals surface area contributed by atoms with Gasteiger partial charge in [-0.1, -0.05) is 12.8 Å². The molecule has 152 valence electrons. The summed E-state index contributed by atoms with van der Waals surface area (Å²) in [4.78, 5) is 30.6. The number of carbonyl (C=O) groups is 2. The van der Waals surface area contributed by atoms with Gasteiger partial charge in [-0.2, -0.15) is 0 Å². The van der Waals surface area contributed by atoms with Crippen molar-refractivity contribution in [2.24, 2.45) is 10.4 Å². The predicted octanol–water partition coefficient (Wildman–Crippen LogP) is 1.72. The van der Waals surface area contributed by atoms with Crippen molar-refractivity contribution in [2.45, 2.75) is 58.9 Å². The lowest BCUT2D eigenvalue weighted by Gasteiger charge is -2.29. The second kappa shape index (κ2) is 12.3. The molecule has 0 unspecified atom stereocenters. The van der Waals surface area contributed by atoms with Gasteiger partial charge in [0.25, 0.3) is 0 Å². The molecule has 2 amide bonds. The third kappa shape index (κ3) is 8.09. The van der Waals surface area contributed by atoms with Gasteiger partial charge in [-0.05, 0) is 33.6 Å². The fourth-order valence-corrected chi connectivity index (χ4v) is 3.23. The van der Waals surface area contributed by atoms with Crippen molar-refractivity contribution in [2.75, 3.05) is 33.7 Å². The minimum Gasteiger partial charge on any atom is -0.357 e. The highest BCUT2D eigenvalue weighted by Crippen LogP contribution is 2.39. The Kier molecular flexibility index (Phi) is 11.8. The highest BCUT2D eigenvalue weighted by molar-refractivity contribution is 14.0. The molecule has 1 fully saturated rings. The van der Waals surface area contributed by atoms with Gasteiger partial charge in [0.2, 0.25) is 11.8 Å². The first kappa shape index (κ1) is 24.9.